The van der Waals surface area contributed by atoms with E-state index in [1.807, 2.05) is 18.2 Å². The van der Waals surface area contributed by atoms with E-state index in [2.05, 4.69) is 10.0 Å². The van der Waals surface area contributed by atoms with Crippen molar-refractivity contribution >= 4 is 15.9 Å². The van der Waals surface area contributed by atoms with Gasteiger partial charge in [-0.3, -0.25) is 4.79 Å². The van der Waals surface area contributed by atoms with Gasteiger partial charge in [-0.05, 0) is 42.0 Å². The van der Waals surface area contributed by atoms with Crippen molar-refractivity contribution in [1.82, 2.24) is 10.0 Å². The summed E-state index contributed by atoms with van der Waals surface area (Å²) in [6, 6.07) is 18.5. The summed E-state index contributed by atoms with van der Waals surface area (Å²) >= 11 is 0. The van der Waals surface area contributed by atoms with Crippen molar-refractivity contribution in [1.29, 1.82) is 0 Å². The number of hydrogen-bond donors (Lipinski definition) is 2. The zero-order valence-corrected chi connectivity index (χ0v) is 18.1. The molecule has 0 saturated carbocycles. The van der Waals surface area contributed by atoms with Crippen LogP contribution >= 0.6 is 0 Å². The van der Waals surface area contributed by atoms with Gasteiger partial charge in [0.2, 0.25) is 16.8 Å². The van der Waals surface area contributed by atoms with Crippen molar-refractivity contribution in [3.05, 3.63) is 83.4 Å². The molecule has 2 N–H and O–H groups in total. The van der Waals surface area contributed by atoms with E-state index in [1.165, 1.54) is 18.2 Å². The smallest absolute Gasteiger partial charge is 0.251 e. The molecule has 3 aromatic rings. The van der Waals surface area contributed by atoms with Crippen LogP contribution in [-0.2, 0) is 23.1 Å². The molecule has 166 valence electrons. The number of ether oxygens (including phenoxy) is 3. The van der Waals surface area contributed by atoms with E-state index in [-0.39, 0.29) is 36.2 Å². The Kier molecular flexibility index (Phi) is 6.29. The molecule has 4 rings (SSSR count). The fraction of sp³-hybridized carbons (Fsp3) is 0.174. The van der Waals surface area contributed by atoms with E-state index in [0.29, 0.717) is 17.2 Å². The average Bonchev–Trinajstić information content (AvgIpc) is 3.29. The molecule has 32 heavy (non-hydrogen) atoms. The van der Waals surface area contributed by atoms with Crippen LogP contribution < -0.4 is 24.2 Å². The molecule has 0 aromatic heterocycles. The Morgan fingerprint density at radius 1 is 0.969 bits per heavy atom. The Labute approximate surface area is 186 Å². The lowest BCUT2D eigenvalue weighted by Crippen LogP contribution is -2.25. The van der Waals surface area contributed by atoms with E-state index in [4.69, 9.17) is 14.2 Å². The van der Waals surface area contributed by atoms with Crippen LogP contribution in [0.2, 0.25) is 0 Å². The average molecular weight is 455 g/mol. The lowest BCUT2D eigenvalue weighted by molar-refractivity contribution is 0.0950. The van der Waals surface area contributed by atoms with Gasteiger partial charge in [0, 0.05) is 24.2 Å². The number of amides is 1. The first-order chi connectivity index (χ1) is 15.5. The van der Waals surface area contributed by atoms with Gasteiger partial charge >= 0.3 is 0 Å². The van der Waals surface area contributed by atoms with E-state index < -0.39 is 10.0 Å². The summed E-state index contributed by atoms with van der Waals surface area (Å²) in [6.45, 7) is 0.474. The number of fused-ring (bicyclic) bond motifs is 1. The molecule has 3 aromatic carbocycles. The first kappa shape index (κ1) is 21.7. The van der Waals surface area contributed by atoms with E-state index in [1.54, 1.807) is 37.4 Å². The van der Waals surface area contributed by atoms with E-state index in [9.17, 15) is 13.2 Å². The topological polar surface area (TPSA) is 103 Å². The zero-order valence-electron chi connectivity index (χ0n) is 17.3. The SMILES string of the molecule is COc1ccccc1CNC(=O)c1cccc(S(=O)(=O)NCc2ccc3c(c2)OCO3)c1. The van der Waals surface area contributed by atoms with Gasteiger partial charge < -0.3 is 19.5 Å². The molecular weight excluding hydrogens is 432 g/mol. The second-order valence-corrected chi connectivity index (χ2v) is 8.80. The molecule has 0 spiro atoms. The summed E-state index contributed by atoms with van der Waals surface area (Å²) in [5.74, 6) is 1.49. The van der Waals surface area contributed by atoms with Gasteiger partial charge in [-0.25, -0.2) is 13.1 Å². The minimum absolute atomic E-state index is 0.00295. The van der Waals surface area contributed by atoms with Gasteiger partial charge in [0.05, 0.1) is 12.0 Å². The number of methoxy groups -OCH3 is 1. The number of sulfonamides is 1. The number of para-hydroxylation sites is 1. The molecule has 0 unspecified atom stereocenters. The quantitative estimate of drug-likeness (QED) is 0.543. The van der Waals surface area contributed by atoms with Crippen molar-refractivity contribution in [2.24, 2.45) is 0 Å². The molecule has 0 atom stereocenters. The largest absolute Gasteiger partial charge is 0.496 e. The van der Waals surface area contributed by atoms with Gasteiger partial charge in [0.1, 0.15) is 5.75 Å². The van der Waals surface area contributed by atoms with Crippen molar-refractivity contribution in [2.75, 3.05) is 13.9 Å². The monoisotopic (exact) mass is 454 g/mol. The Hall–Kier alpha value is -3.56. The molecule has 1 heterocycles. The maximum absolute atomic E-state index is 12.8. The van der Waals surface area contributed by atoms with Crippen LogP contribution in [0.5, 0.6) is 17.2 Å². The fourth-order valence-electron chi connectivity index (χ4n) is 3.24. The molecule has 1 amide bonds. The highest BCUT2D eigenvalue weighted by Gasteiger charge is 2.18. The van der Waals surface area contributed by atoms with Gasteiger partial charge in [-0.15, -0.1) is 0 Å². The third kappa shape index (κ3) is 4.84. The second kappa shape index (κ2) is 9.29. The maximum Gasteiger partial charge on any atom is 0.251 e. The number of rotatable bonds is 8. The molecule has 1 aliphatic rings. The Morgan fingerprint density at radius 3 is 2.62 bits per heavy atom. The summed E-state index contributed by atoms with van der Waals surface area (Å²) < 4.78 is 43.9. The molecule has 0 aliphatic carbocycles. The predicted molar refractivity (Wildman–Crippen MR) is 117 cm³/mol. The number of benzene rings is 3. The zero-order chi connectivity index (χ0) is 22.6. The first-order valence-electron chi connectivity index (χ1n) is 9.84. The van der Waals surface area contributed by atoms with Gasteiger partial charge in [0.15, 0.2) is 11.5 Å². The summed E-state index contributed by atoms with van der Waals surface area (Å²) in [7, 11) is -2.27. The third-order valence-electron chi connectivity index (χ3n) is 4.94. The fourth-order valence-corrected chi connectivity index (χ4v) is 4.31. The molecule has 0 fully saturated rings. The molecule has 0 radical (unpaired) electrons. The highest BCUT2D eigenvalue weighted by molar-refractivity contribution is 7.89. The van der Waals surface area contributed by atoms with Crippen LogP contribution in [0.3, 0.4) is 0 Å². The molecular formula is C23H22N2O6S. The van der Waals surface area contributed by atoms with Crippen LogP contribution in [0.15, 0.2) is 71.6 Å². The predicted octanol–water partition coefficient (Wildman–Crippen LogP) is 2.83. The minimum atomic E-state index is -3.83. The third-order valence-corrected chi connectivity index (χ3v) is 6.34. The van der Waals surface area contributed by atoms with Gasteiger partial charge in [-0.2, -0.15) is 0 Å². The van der Waals surface area contributed by atoms with Crippen LogP contribution in [0.4, 0.5) is 0 Å². The Morgan fingerprint density at radius 2 is 1.78 bits per heavy atom. The van der Waals surface area contributed by atoms with Gasteiger partial charge in [-0.1, -0.05) is 30.3 Å². The summed E-state index contributed by atoms with van der Waals surface area (Å²) in [6.07, 6.45) is 0. The second-order valence-electron chi connectivity index (χ2n) is 7.03. The van der Waals surface area contributed by atoms with Crippen LogP contribution in [0, 0.1) is 0 Å². The Balaban J connectivity index is 1.42. The summed E-state index contributed by atoms with van der Waals surface area (Å²) in [5, 5.41) is 2.79. The summed E-state index contributed by atoms with van der Waals surface area (Å²) in [5.41, 5.74) is 1.78. The first-order valence-corrected chi connectivity index (χ1v) is 11.3. The van der Waals surface area contributed by atoms with Crippen molar-refractivity contribution < 1.29 is 27.4 Å². The lowest BCUT2D eigenvalue weighted by Gasteiger charge is -2.11. The standard InChI is InChI=1S/C23H22N2O6S/c1-29-20-8-3-2-5-18(20)14-24-23(26)17-6-4-7-19(12-17)32(27,28)25-13-16-9-10-21-22(11-16)31-15-30-21/h2-12,25H,13-15H2,1H3,(H,24,26). The highest BCUT2D eigenvalue weighted by Crippen LogP contribution is 2.32. The molecule has 0 saturated heterocycles. The van der Waals surface area contributed by atoms with Crippen LogP contribution in [-0.4, -0.2) is 28.2 Å². The molecule has 0 bridgehead atoms. The minimum Gasteiger partial charge on any atom is -0.496 e. The normalized spacial score (nSPS) is 12.4. The van der Waals surface area contributed by atoms with Crippen molar-refractivity contribution in [3.8, 4) is 17.2 Å². The van der Waals surface area contributed by atoms with E-state index in [0.717, 1.165) is 11.1 Å². The molecule has 9 heteroatoms. The molecule has 1 aliphatic heterocycles. The van der Waals surface area contributed by atoms with Crippen LogP contribution in [0.25, 0.3) is 0 Å². The lowest BCUT2D eigenvalue weighted by atomic mass is 10.2. The maximum atomic E-state index is 12.8. The summed E-state index contributed by atoms with van der Waals surface area (Å²) in [4.78, 5) is 12.6. The number of carbonyl (C=O) groups excluding carboxylic acids is 1. The van der Waals surface area contributed by atoms with Gasteiger partial charge in [0.25, 0.3) is 5.91 Å². The Bertz CT molecular complexity index is 1240. The van der Waals surface area contributed by atoms with Crippen molar-refractivity contribution in [3.63, 3.8) is 0 Å². The van der Waals surface area contributed by atoms with E-state index >= 15 is 0 Å². The number of hydrogen-bond acceptors (Lipinski definition) is 6. The van der Waals surface area contributed by atoms with Crippen molar-refractivity contribution in [2.45, 2.75) is 18.0 Å². The van der Waals surface area contributed by atoms with Crippen LogP contribution in [0.1, 0.15) is 21.5 Å². The molecule has 8 nitrogen and oxygen atoms in total. The highest BCUT2D eigenvalue weighted by atomic mass is 32.2. The number of nitrogens with one attached hydrogen (secondary N) is 2. The number of carbonyl (C=O) groups is 1.